The summed E-state index contributed by atoms with van der Waals surface area (Å²) in [6, 6.07) is 5.43. The number of Topliss-reactive ketones (excluding diaryl/α,β-unsaturated/α-hetero) is 2. The maximum atomic E-state index is 12.6. The third-order valence-corrected chi connectivity index (χ3v) is 3.42. The molecule has 2 rings (SSSR count). The summed E-state index contributed by atoms with van der Waals surface area (Å²) in [6.45, 7) is 3.48. The second-order valence-corrected chi connectivity index (χ2v) is 5.35. The van der Waals surface area contributed by atoms with Crippen molar-refractivity contribution >= 4 is 35.8 Å². The van der Waals surface area contributed by atoms with E-state index in [-0.39, 0.29) is 22.9 Å². The number of rotatable bonds is 3. The molecule has 22 heavy (non-hydrogen) atoms. The number of aromatic nitrogens is 1. The molecule has 0 aliphatic carbocycles. The molecule has 0 saturated heterocycles. The molecule has 0 aliphatic rings. The summed E-state index contributed by atoms with van der Waals surface area (Å²) in [7, 11) is 1.44. The Labute approximate surface area is 125 Å². The highest BCUT2D eigenvalue weighted by molar-refractivity contribution is 6.42. The minimum absolute atomic E-state index is 0.144. The fourth-order valence-corrected chi connectivity index (χ4v) is 2.18. The minimum atomic E-state index is -4.92. The number of ketones is 2. The monoisotopic (exact) mass is 307 g/mol. The average Bonchev–Trinajstić information content (AvgIpc) is 2.44. The number of halogens is 3. The number of pyridine rings is 1. The summed E-state index contributed by atoms with van der Waals surface area (Å²) in [4.78, 5) is 27.5. The average molecular weight is 307 g/mol. The standard InChI is InChI=1S/C15H13BF3NO2/c1-7(2)13(21)11-6-3-8-10(20-11)5-4-9(12(8)16)14(22)15(17,18)19/h3-7H,16H2,1-2H3. The Bertz CT molecular complexity index is 769. The van der Waals surface area contributed by atoms with Crippen molar-refractivity contribution in [1.29, 1.82) is 0 Å². The molecule has 1 aromatic carbocycles. The normalized spacial score (nSPS) is 11.9. The van der Waals surface area contributed by atoms with Crippen molar-refractivity contribution in [2.45, 2.75) is 20.0 Å². The lowest BCUT2D eigenvalue weighted by molar-refractivity contribution is -0.0884. The van der Waals surface area contributed by atoms with Crippen LogP contribution in [0.5, 0.6) is 0 Å². The van der Waals surface area contributed by atoms with E-state index in [4.69, 9.17) is 0 Å². The Kier molecular flexibility index (Phi) is 4.09. The minimum Gasteiger partial charge on any atom is -0.292 e. The van der Waals surface area contributed by atoms with Crippen LogP contribution in [0.4, 0.5) is 13.2 Å². The van der Waals surface area contributed by atoms with Crippen LogP contribution < -0.4 is 5.46 Å². The van der Waals surface area contributed by atoms with E-state index >= 15 is 0 Å². The molecule has 0 unspecified atom stereocenters. The number of carbonyl (C=O) groups excluding carboxylic acids is 2. The summed E-state index contributed by atoms with van der Waals surface area (Å²) < 4.78 is 37.7. The van der Waals surface area contributed by atoms with E-state index in [0.29, 0.717) is 10.9 Å². The van der Waals surface area contributed by atoms with E-state index in [2.05, 4.69) is 4.98 Å². The Balaban J connectivity index is 2.57. The Morgan fingerprint density at radius 2 is 1.77 bits per heavy atom. The van der Waals surface area contributed by atoms with Gasteiger partial charge in [-0.15, -0.1) is 0 Å². The van der Waals surface area contributed by atoms with Gasteiger partial charge in [0.2, 0.25) is 0 Å². The third-order valence-electron chi connectivity index (χ3n) is 3.42. The third kappa shape index (κ3) is 2.88. The molecule has 0 amide bonds. The van der Waals surface area contributed by atoms with Crippen molar-refractivity contribution in [3.8, 4) is 0 Å². The summed E-state index contributed by atoms with van der Waals surface area (Å²) in [5.41, 5.74) is 0.458. The van der Waals surface area contributed by atoms with E-state index < -0.39 is 17.5 Å². The van der Waals surface area contributed by atoms with Gasteiger partial charge in [0, 0.05) is 11.5 Å². The number of hydrogen-bond donors (Lipinski definition) is 0. The van der Waals surface area contributed by atoms with Gasteiger partial charge in [-0.3, -0.25) is 9.59 Å². The van der Waals surface area contributed by atoms with Crippen LogP contribution in [0.2, 0.25) is 0 Å². The quantitative estimate of drug-likeness (QED) is 0.644. The first-order valence-corrected chi connectivity index (χ1v) is 6.69. The van der Waals surface area contributed by atoms with Crippen LogP contribution in [-0.4, -0.2) is 30.6 Å². The van der Waals surface area contributed by atoms with Crippen LogP contribution in [-0.2, 0) is 0 Å². The Morgan fingerprint density at radius 3 is 2.32 bits per heavy atom. The molecule has 0 radical (unpaired) electrons. The van der Waals surface area contributed by atoms with Gasteiger partial charge in [-0.2, -0.15) is 13.2 Å². The van der Waals surface area contributed by atoms with Crippen molar-refractivity contribution in [3.05, 3.63) is 35.5 Å². The second-order valence-electron chi connectivity index (χ2n) is 5.35. The van der Waals surface area contributed by atoms with Crippen molar-refractivity contribution < 1.29 is 22.8 Å². The van der Waals surface area contributed by atoms with Gasteiger partial charge < -0.3 is 0 Å². The van der Waals surface area contributed by atoms with Crippen molar-refractivity contribution in [1.82, 2.24) is 4.98 Å². The zero-order valence-electron chi connectivity index (χ0n) is 12.3. The highest BCUT2D eigenvalue weighted by Gasteiger charge is 2.40. The largest absolute Gasteiger partial charge is 0.454 e. The number of hydrogen-bond acceptors (Lipinski definition) is 3. The molecule has 0 bridgehead atoms. The van der Waals surface area contributed by atoms with Crippen LogP contribution >= 0.6 is 0 Å². The fourth-order valence-electron chi connectivity index (χ4n) is 2.18. The zero-order chi connectivity index (χ0) is 16.7. The molecule has 114 valence electrons. The number of benzene rings is 1. The van der Waals surface area contributed by atoms with Crippen LogP contribution in [0.25, 0.3) is 10.9 Å². The molecule has 0 saturated carbocycles. The predicted molar refractivity (Wildman–Crippen MR) is 79.5 cm³/mol. The van der Waals surface area contributed by atoms with E-state index in [9.17, 15) is 22.8 Å². The first-order valence-electron chi connectivity index (χ1n) is 6.69. The first-order chi connectivity index (χ1) is 10.1. The first kappa shape index (κ1) is 16.2. The smallest absolute Gasteiger partial charge is 0.292 e. The highest BCUT2D eigenvalue weighted by Crippen LogP contribution is 2.22. The van der Waals surface area contributed by atoms with Crippen LogP contribution in [0, 0.1) is 5.92 Å². The number of alkyl halides is 3. The molecular weight excluding hydrogens is 294 g/mol. The van der Waals surface area contributed by atoms with Gasteiger partial charge in [-0.05, 0) is 23.6 Å². The van der Waals surface area contributed by atoms with Crippen molar-refractivity contribution in [2.75, 3.05) is 0 Å². The number of nitrogens with zero attached hydrogens (tertiary/aromatic N) is 1. The maximum Gasteiger partial charge on any atom is 0.454 e. The van der Waals surface area contributed by atoms with Crippen molar-refractivity contribution in [2.24, 2.45) is 5.92 Å². The SMILES string of the molecule is Bc1c(C(=O)C(F)(F)F)ccc2nc(C(=O)C(C)C)ccc12. The molecule has 0 spiro atoms. The van der Waals surface area contributed by atoms with Gasteiger partial charge in [0.25, 0.3) is 5.78 Å². The van der Waals surface area contributed by atoms with Crippen molar-refractivity contribution in [3.63, 3.8) is 0 Å². The summed E-state index contributed by atoms with van der Waals surface area (Å²) >= 11 is 0. The molecule has 0 fully saturated rings. The van der Waals surface area contributed by atoms with Gasteiger partial charge >= 0.3 is 6.18 Å². The highest BCUT2D eigenvalue weighted by atomic mass is 19.4. The van der Waals surface area contributed by atoms with Gasteiger partial charge in [0.1, 0.15) is 13.5 Å². The van der Waals surface area contributed by atoms with Crippen LogP contribution in [0.3, 0.4) is 0 Å². The van der Waals surface area contributed by atoms with Gasteiger partial charge in [0.05, 0.1) is 5.52 Å². The molecular formula is C15H13BF3NO2. The molecule has 0 aliphatic heterocycles. The molecule has 0 atom stereocenters. The fraction of sp³-hybridized carbons (Fsp3) is 0.267. The van der Waals surface area contributed by atoms with E-state index in [1.807, 2.05) is 0 Å². The Morgan fingerprint density at radius 1 is 1.14 bits per heavy atom. The molecule has 2 aromatic rings. The summed E-state index contributed by atoms with van der Waals surface area (Å²) in [5, 5.41) is 0.426. The van der Waals surface area contributed by atoms with Crippen LogP contribution in [0.1, 0.15) is 34.7 Å². The maximum absolute atomic E-state index is 12.6. The van der Waals surface area contributed by atoms with E-state index in [1.54, 1.807) is 13.8 Å². The predicted octanol–water partition coefficient (Wildman–Crippen LogP) is 2.08. The van der Waals surface area contributed by atoms with E-state index in [1.165, 1.54) is 26.0 Å². The second kappa shape index (κ2) is 5.55. The molecule has 1 heterocycles. The summed E-state index contributed by atoms with van der Waals surface area (Å²) in [5.74, 6) is -2.25. The van der Waals surface area contributed by atoms with Gasteiger partial charge in [-0.1, -0.05) is 25.4 Å². The van der Waals surface area contributed by atoms with Gasteiger partial charge in [0.15, 0.2) is 5.78 Å². The molecule has 7 heteroatoms. The van der Waals surface area contributed by atoms with Gasteiger partial charge in [-0.25, -0.2) is 4.98 Å². The lowest BCUT2D eigenvalue weighted by Gasteiger charge is -2.11. The molecule has 1 aromatic heterocycles. The lowest BCUT2D eigenvalue weighted by atomic mass is 9.84. The number of carbonyl (C=O) groups is 2. The number of fused-ring (bicyclic) bond motifs is 1. The topological polar surface area (TPSA) is 47.0 Å². The zero-order valence-corrected chi connectivity index (χ0v) is 12.3. The van der Waals surface area contributed by atoms with Crippen LogP contribution in [0.15, 0.2) is 24.3 Å². The summed E-state index contributed by atoms with van der Waals surface area (Å²) in [6.07, 6.45) is -4.92. The lowest BCUT2D eigenvalue weighted by Crippen LogP contribution is -2.29. The Hall–Kier alpha value is -2.18. The van der Waals surface area contributed by atoms with E-state index in [0.717, 1.165) is 6.07 Å². The molecule has 3 nitrogen and oxygen atoms in total. The molecule has 0 N–H and O–H groups in total.